The Hall–Kier alpha value is -0.530. The van der Waals surface area contributed by atoms with Gasteiger partial charge in [-0.15, -0.1) is 11.6 Å². The molecule has 2 atom stereocenters. The Morgan fingerprint density at radius 1 is 1.39 bits per heavy atom. The van der Waals surface area contributed by atoms with E-state index in [0.717, 1.165) is 25.4 Å². The number of benzene rings is 1. The minimum atomic E-state index is 0.682. The average Bonchev–Trinajstić information content (AvgIpc) is 2.39. The molecule has 100 valence electrons. The Balaban J connectivity index is 1.84. The summed E-state index contributed by atoms with van der Waals surface area (Å²) in [4.78, 5) is 0. The zero-order chi connectivity index (χ0) is 12.8. The molecule has 2 heteroatoms. The van der Waals surface area contributed by atoms with E-state index in [1.165, 1.54) is 19.3 Å². The molecule has 0 heterocycles. The first kappa shape index (κ1) is 13.9. The van der Waals surface area contributed by atoms with Crippen LogP contribution in [0.15, 0.2) is 24.3 Å². The van der Waals surface area contributed by atoms with Crippen molar-refractivity contribution < 1.29 is 0 Å². The summed E-state index contributed by atoms with van der Waals surface area (Å²) in [7, 11) is 0. The van der Waals surface area contributed by atoms with Crippen molar-refractivity contribution in [2.75, 3.05) is 19.0 Å². The summed E-state index contributed by atoms with van der Waals surface area (Å²) in [6.45, 7) is 4.47. The van der Waals surface area contributed by atoms with Crippen LogP contribution in [0.5, 0.6) is 0 Å². The first-order chi connectivity index (χ1) is 8.81. The predicted octanol–water partition coefficient (Wildman–Crippen LogP) is 3.96. The van der Waals surface area contributed by atoms with Gasteiger partial charge in [-0.25, -0.2) is 0 Å². The maximum Gasteiger partial charge on any atom is 0.0226 e. The summed E-state index contributed by atoms with van der Waals surface area (Å²) in [5.74, 6) is 2.16. The van der Waals surface area contributed by atoms with Gasteiger partial charge in [0.1, 0.15) is 0 Å². The lowest BCUT2D eigenvalue weighted by atomic mass is 9.83. The van der Waals surface area contributed by atoms with Crippen LogP contribution in [0.1, 0.15) is 43.2 Å². The molecule has 0 radical (unpaired) electrons. The third kappa shape index (κ3) is 3.73. The fourth-order valence-electron chi connectivity index (χ4n) is 2.86. The van der Waals surface area contributed by atoms with Gasteiger partial charge in [-0.1, -0.05) is 31.2 Å². The van der Waals surface area contributed by atoms with Gasteiger partial charge in [0.2, 0.25) is 0 Å². The van der Waals surface area contributed by atoms with Gasteiger partial charge >= 0.3 is 0 Å². The van der Waals surface area contributed by atoms with Crippen LogP contribution >= 0.6 is 11.6 Å². The fraction of sp³-hybridized carbons (Fsp3) is 0.625. The molecule has 0 bridgehead atoms. The summed E-state index contributed by atoms with van der Waals surface area (Å²) in [6, 6.07) is 8.94. The number of rotatable bonds is 6. The van der Waals surface area contributed by atoms with Gasteiger partial charge < -0.3 is 5.32 Å². The molecule has 1 aromatic rings. The molecule has 1 aliphatic carbocycles. The van der Waals surface area contributed by atoms with E-state index in [0.29, 0.717) is 11.8 Å². The highest BCUT2D eigenvalue weighted by molar-refractivity contribution is 6.17. The molecule has 0 saturated carbocycles. The Kier molecular flexibility index (Phi) is 5.52. The van der Waals surface area contributed by atoms with Crippen molar-refractivity contribution in [1.29, 1.82) is 0 Å². The maximum absolute atomic E-state index is 5.76. The summed E-state index contributed by atoms with van der Waals surface area (Å²) >= 11 is 5.76. The maximum atomic E-state index is 5.76. The van der Waals surface area contributed by atoms with Crippen molar-refractivity contribution in [3.63, 3.8) is 0 Å². The number of alkyl halides is 1. The molecule has 0 amide bonds. The minimum absolute atomic E-state index is 0.682. The molecule has 1 aliphatic rings. The number of nitrogens with one attached hydrogen (secondary N) is 1. The van der Waals surface area contributed by atoms with Crippen LogP contribution in [0.3, 0.4) is 0 Å². The molecule has 0 saturated heterocycles. The monoisotopic (exact) mass is 265 g/mol. The molecular formula is C16H24ClN. The smallest absolute Gasteiger partial charge is 0.0226 e. The topological polar surface area (TPSA) is 12.0 Å². The molecule has 1 aromatic carbocycles. The van der Waals surface area contributed by atoms with Crippen LogP contribution in [0.2, 0.25) is 0 Å². The fourth-order valence-corrected chi connectivity index (χ4v) is 3.23. The van der Waals surface area contributed by atoms with E-state index in [9.17, 15) is 0 Å². The van der Waals surface area contributed by atoms with Crippen molar-refractivity contribution in [2.45, 2.75) is 38.5 Å². The van der Waals surface area contributed by atoms with E-state index in [1.54, 1.807) is 11.1 Å². The SMILES string of the molecule is CC(CCCl)CNCC1CCCc2ccccc21. The lowest BCUT2D eigenvalue weighted by Crippen LogP contribution is -2.28. The van der Waals surface area contributed by atoms with E-state index >= 15 is 0 Å². The quantitative estimate of drug-likeness (QED) is 0.768. The van der Waals surface area contributed by atoms with Crippen LogP contribution in [0.25, 0.3) is 0 Å². The normalized spacial score (nSPS) is 20.4. The number of hydrogen-bond acceptors (Lipinski definition) is 1. The highest BCUT2D eigenvalue weighted by Gasteiger charge is 2.19. The number of aryl methyl sites for hydroxylation is 1. The Morgan fingerprint density at radius 2 is 2.22 bits per heavy atom. The van der Waals surface area contributed by atoms with E-state index in [2.05, 4.69) is 36.5 Å². The van der Waals surface area contributed by atoms with Gasteiger partial charge in [-0.3, -0.25) is 0 Å². The second-order valence-electron chi connectivity index (χ2n) is 5.53. The van der Waals surface area contributed by atoms with E-state index in [1.807, 2.05) is 0 Å². The van der Waals surface area contributed by atoms with Crippen molar-refractivity contribution in [3.05, 3.63) is 35.4 Å². The highest BCUT2D eigenvalue weighted by atomic mass is 35.5. The third-order valence-corrected chi connectivity index (χ3v) is 4.20. The van der Waals surface area contributed by atoms with Crippen molar-refractivity contribution in [3.8, 4) is 0 Å². The van der Waals surface area contributed by atoms with Crippen LogP contribution < -0.4 is 5.32 Å². The zero-order valence-corrected chi connectivity index (χ0v) is 12.0. The Morgan fingerprint density at radius 3 is 3.06 bits per heavy atom. The van der Waals surface area contributed by atoms with E-state index < -0.39 is 0 Å². The molecule has 2 rings (SSSR count). The molecule has 18 heavy (non-hydrogen) atoms. The van der Waals surface area contributed by atoms with Gasteiger partial charge in [-0.05, 0) is 55.2 Å². The molecule has 1 N–H and O–H groups in total. The van der Waals surface area contributed by atoms with Gasteiger partial charge in [0.15, 0.2) is 0 Å². The Bertz CT molecular complexity index is 364. The molecule has 0 aromatic heterocycles. The molecule has 0 spiro atoms. The molecular weight excluding hydrogens is 242 g/mol. The van der Waals surface area contributed by atoms with Crippen molar-refractivity contribution >= 4 is 11.6 Å². The number of hydrogen-bond donors (Lipinski definition) is 1. The summed E-state index contributed by atoms with van der Waals surface area (Å²) in [6.07, 6.45) is 5.03. The average molecular weight is 266 g/mol. The van der Waals surface area contributed by atoms with Crippen LogP contribution in [-0.2, 0) is 6.42 Å². The number of halogens is 1. The van der Waals surface area contributed by atoms with Gasteiger partial charge in [0, 0.05) is 12.4 Å². The van der Waals surface area contributed by atoms with E-state index in [4.69, 9.17) is 11.6 Å². The number of fused-ring (bicyclic) bond motifs is 1. The standard InChI is InChI=1S/C16H24ClN/c1-13(9-10-17)11-18-12-15-7-4-6-14-5-2-3-8-16(14)15/h2-3,5,8,13,15,18H,4,6-7,9-12H2,1H3. The van der Waals surface area contributed by atoms with Crippen LogP contribution in [0, 0.1) is 5.92 Å². The van der Waals surface area contributed by atoms with Gasteiger partial charge in [0.25, 0.3) is 0 Å². The predicted molar refractivity (Wildman–Crippen MR) is 79.5 cm³/mol. The largest absolute Gasteiger partial charge is 0.316 e. The lowest BCUT2D eigenvalue weighted by Gasteiger charge is -2.26. The second kappa shape index (κ2) is 7.16. The first-order valence-corrected chi connectivity index (χ1v) is 7.69. The second-order valence-corrected chi connectivity index (χ2v) is 5.91. The van der Waals surface area contributed by atoms with Crippen LogP contribution in [0.4, 0.5) is 0 Å². The van der Waals surface area contributed by atoms with E-state index in [-0.39, 0.29) is 0 Å². The summed E-state index contributed by atoms with van der Waals surface area (Å²) < 4.78 is 0. The molecule has 0 fully saturated rings. The molecule has 0 aliphatic heterocycles. The Labute approximate surface area is 116 Å². The van der Waals surface area contributed by atoms with Crippen molar-refractivity contribution in [2.24, 2.45) is 5.92 Å². The zero-order valence-electron chi connectivity index (χ0n) is 11.3. The van der Waals surface area contributed by atoms with Crippen LogP contribution in [-0.4, -0.2) is 19.0 Å². The van der Waals surface area contributed by atoms with Gasteiger partial charge in [-0.2, -0.15) is 0 Å². The molecule has 2 unspecified atom stereocenters. The first-order valence-electron chi connectivity index (χ1n) is 7.15. The van der Waals surface area contributed by atoms with Gasteiger partial charge in [0.05, 0.1) is 0 Å². The third-order valence-electron chi connectivity index (χ3n) is 3.98. The summed E-state index contributed by atoms with van der Waals surface area (Å²) in [5, 5.41) is 3.62. The van der Waals surface area contributed by atoms with Crippen molar-refractivity contribution in [1.82, 2.24) is 5.32 Å². The summed E-state index contributed by atoms with van der Waals surface area (Å²) in [5.41, 5.74) is 3.13. The highest BCUT2D eigenvalue weighted by Crippen LogP contribution is 2.30. The lowest BCUT2D eigenvalue weighted by molar-refractivity contribution is 0.456. The molecule has 1 nitrogen and oxygen atoms in total. The minimum Gasteiger partial charge on any atom is -0.316 e.